The first-order chi connectivity index (χ1) is 11.4. The smallest absolute Gasteiger partial charge is 0.253 e. The summed E-state index contributed by atoms with van der Waals surface area (Å²) in [4.78, 5) is 15.3. The van der Waals surface area contributed by atoms with Gasteiger partial charge in [0.2, 0.25) is 10.0 Å². The second-order valence-corrected chi connectivity index (χ2v) is 7.67. The van der Waals surface area contributed by atoms with Crippen molar-refractivity contribution in [1.82, 2.24) is 4.98 Å². The van der Waals surface area contributed by atoms with Crippen molar-refractivity contribution in [2.75, 3.05) is 10.6 Å². The zero-order chi connectivity index (χ0) is 17.3. The van der Waals surface area contributed by atoms with Crippen LogP contribution in [0.25, 0.3) is 10.9 Å². The quantitative estimate of drug-likeness (QED) is 0.792. The monoisotopic (exact) mass is 342 g/mol. The predicted octanol–water partition coefficient (Wildman–Crippen LogP) is 2.80. The number of benzene rings is 2. The third-order valence-electron chi connectivity index (χ3n) is 3.92. The minimum atomic E-state index is -3.51. The number of sulfonamides is 1. The third kappa shape index (κ3) is 3.19. The maximum absolute atomic E-state index is 12.4. The van der Waals surface area contributed by atoms with Gasteiger partial charge in [0.25, 0.3) is 5.56 Å². The highest BCUT2D eigenvalue weighted by Crippen LogP contribution is 2.21. The van der Waals surface area contributed by atoms with Gasteiger partial charge in [-0.1, -0.05) is 36.4 Å². The van der Waals surface area contributed by atoms with Gasteiger partial charge >= 0.3 is 0 Å². The Kier molecular flexibility index (Phi) is 4.15. The number of hydrogen-bond acceptors (Lipinski definition) is 3. The van der Waals surface area contributed by atoms with Crippen LogP contribution in [0.4, 0.5) is 5.69 Å². The van der Waals surface area contributed by atoms with Gasteiger partial charge in [-0.2, -0.15) is 0 Å². The van der Waals surface area contributed by atoms with E-state index >= 15 is 0 Å². The number of hydrogen-bond donors (Lipinski definition) is 1. The van der Waals surface area contributed by atoms with E-state index < -0.39 is 10.0 Å². The van der Waals surface area contributed by atoms with Gasteiger partial charge in [-0.15, -0.1) is 0 Å². The molecule has 0 fully saturated rings. The van der Waals surface area contributed by atoms with E-state index in [1.165, 1.54) is 4.31 Å². The Bertz CT molecular complexity index is 1040. The van der Waals surface area contributed by atoms with E-state index in [0.29, 0.717) is 11.3 Å². The lowest BCUT2D eigenvalue weighted by Gasteiger charge is -2.22. The fourth-order valence-corrected chi connectivity index (χ4v) is 3.57. The largest absolute Gasteiger partial charge is 0.321 e. The van der Waals surface area contributed by atoms with Crippen molar-refractivity contribution in [1.29, 1.82) is 0 Å². The number of aromatic nitrogens is 1. The molecule has 0 aliphatic heterocycles. The third-order valence-corrected chi connectivity index (χ3v) is 5.06. The highest BCUT2D eigenvalue weighted by molar-refractivity contribution is 7.92. The zero-order valence-electron chi connectivity index (χ0n) is 13.5. The van der Waals surface area contributed by atoms with Crippen molar-refractivity contribution in [3.63, 3.8) is 0 Å². The highest BCUT2D eigenvalue weighted by atomic mass is 32.2. The molecule has 0 aliphatic rings. The van der Waals surface area contributed by atoms with Crippen LogP contribution in [0.5, 0.6) is 0 Å². The molecule has 3 rings (SSSR count). The summed E-state index contributed by atoms with van der Waals surface area (Å²) in [6.45, 7) is 1.91. The number of aryl methyl sites for hydroxylation is 1. The van der Waals surface area contributed by atoms with Gasteiger partial charge in [-0.05, 0) is 36.1 Å². The van der Waals surface area contributed by atoms with Crippen molar-refractivity contribution >= 4 is 26.6 Å². The average molecular weight is 342 g/mol. The Morgan fingerprint density at radius 1 is 1.04 bits per heavy atom. The number of aromatic amines is 1. The molecular formula is C18H18N2O3S. The number of H-pyrrole nitrogens is 1. The SMILES string of the molecule is Cc1cccc2cc(CN(c3ccccc3)S(C)(=O)=O)c(=O)[nH]c12. The summed E-state index contributed by atoms with van der Waals surface area (Å²) in [6, 6.07) is 16.2. The summed E-state index contributed by atoms with van der Waals surface area (Å²) < 4.78 is 25.6. The van der Waals surface area contributed by atoms with Crippen molar-refractivity contribution < 1.29 is 8.42 Å². The number of nitrogens with one attached hydrogen (secondary N) is 1. The van der Waals surface area contributed by atoms with E-state index in [1.54, 1.807) is 30.3 Å². The molecule has 1 heterocycles. The number of fused-ring (bicyclic) bond motifs is 1. The molecule has 0 atom stereocenters. The van der Waals surface area contributed by atoms with Gasteiger partial charge < -0.3 is 4.98 Å². The maximum Gasteiger partial charge on any atom is 0.253 e. The fourth-order valence-electron chi connectivity index (χ4n) is 2.69. The summed E-state index contributed by atoms with van der Waals surface area (Å²) in [5.74, 6) is 0. The molecule has 0 spiro atoms. The Morgan fingerprint density at radius 2 is 1.75 bits per heavy atom. The zero-order valence-corrected chi connectivity index (χ0v) is 14.3. The topological polar surface area (TPSA) is 70.2 Å². The molecule has 2 aromatic carbocycles. The lowest BCUT2D eigenvalue weighted by atomic mass is 10.1. The van der Waals surface area contributed by atoms with Crippen LogP contribution in [-0.4, -0.2) is 19.7 Å². The van der Waals surface area contributed by atoms with Crippen LogP contribution in [0.3, 0.4) is 0 Å². The second kappa shape index (κ2) is 6.13. The van der Waals surface area contributed by atoms with Gasteiger partial charge in [-0.3, -0.25) is 9.10 Å². The molecular weight excluding hydrogens is 324 g/mol. The molecule has 0 saturated carbocycles. The van der Waals surface area contributed by atoms with Crippen LogP contribution < -0.4 is 9.86 Å². The number of rotatable bonds is 4. The molecule has 24 heavy (non-hydrogen) atoms. The standard InChI is InChI=1S/C18H18N2O3S/c1-13-7-6-8-14-11-15(18(21)19-17(13)14)12-20(24(2,22)23)16-9-4-3-5-10-16/h3-11H,12H2,1-2H3,(H,19,21). The van der Waals surface area contributed by atoms with Crippen LogP contribution in [0.1, 0.15) is 11.1 Å². The fraction of sp³-hybridized carbons (Fsp3) is 0.167. The van der Waals surface area contributed by atoms with Crippen LogP contribution in [-0.2, 0) is 16.6 Å². The maximum atomic E-state index is 12.4. The minimum Gasteiger partial charge on any atom is -0.321 e. The first-order valence-corrected chi connectivity index (χ1v) is 9.35. The van der Waals surface area contributed by atoms with Gasteiger partial charge in [0.15, 0.2) is 0 Å². The summed E-state index contributed by atoms with van der Waals surface area (Å²) in [7, 11) is -3.51. The molecule has 5 nitrogen and oxygen atoms in total. The van der Waals surface area contributed by atoms with Crippen molar-refractivity contribution in [2.45, 2.75) is 13.5 Å². The lowest BCUT2D eigenvalue weighted by molar-refractivity contribution is 0.596. The normalized spacial score (nSPS) is 11.6. The van der Waals surface area contributed by atoms with E-state index in [9.17, 15) is 13.2 Å². The Hall–Kier alpha value is -2.60. The van der Waals surface area contributed by atoms with Crippen LogP contribution in [0, 0.1) is 6.92 Å². The summed E-state index contributed by atoms with van der Waals surface area (Å²) in [5.41, 5.74) is 2.41. The van der Waals surface area contributed by atoms with E-state index in [-0.39, 0.29) is 12.1 Å². The minimum absolute atomic E-state index is 0.0118. The summed E-state index contributed by atoms with van der Waals surface area (Å²) in [6.07, 6.45) is 1.14. The van der Waals surface area contributed by atoms with E-state index in [0.717, 1.165) is 22.7 Å². The molecule has 0 aliphatic carbocycles. The molecule has 124 valence electrons. The van der Waals surface area contributed by atoms with Crippen molar-refractivity contribution in [2.24, 2.45) is 0 Å². The molecule has 6 heteroatoms. The highest BCUT2D eigenvalue weighted by Gasteiger charge is 2.19. The molecule has 1 aromatic heterocycles. The molecule has 0 unspecified atom stereocenters. The molecule has 0 saturated heterocycles. The number of nitrogens with zero attached hydrogens (tertiary/aromatic N) is 1. The van der Waals surface area contributed by atoms with Gasteiger partial charge in [-0.25, -0.2) is 8.42 Å². The number of pyridine rings is 1. The molecule has 0 bridgehead atoms. The molecule has 3 aromatic rings. The van der Waals surface area contributed by atoms with Gasteiger partial charge in [0.1, 0.15) is 0 Å². The predicted molar refractivity (Wildman–Crippen MR) is 96.8 cm³/mol. The first kappa shape index (κ1) is 16.3. The lowest BCUT2D eigenvalue weighted by Crippen LogP contribution is -2.31. The van der Waals surface area contributed by atoms with Crippen molar-refractivity contribution in [3.05, 3.63) is 76.1 Å². The summed E-state index contributed by atoms with van der Waals surface area (Å²) >= 11 is 0. The van der Waals surface area contributed by atoms with E-state index in [2.05, 4.69) is 4.98 Å². The summed E-state index contributed by atoms with van der Waals surface area (Å²) in [5, 5.41) is 0.881. The van der Waals surface area contributed by atoms with Gasteiger partial charge in [0, 0.05) is 5.56 Å². The number of para-hydroxylation sites is 2. The molecule has 0 amide bonds. The Balaban J connectivity index is 2.10. The first-order valence-electron chi connectivity index (χ1n) is 7.50. The molecule has 1 N–H and O–H groups in total. The second-order valence-electron chi connectivity index (χ2n) is 5.77. The Morgan fingerprint density at radius 3 is 2.42 bits per heavy atom. The molecule has 0 radical (unpaired) electrons. The van der Waals surface area contributed by atoms with E-state index in [1.807, 2.05) is 31.2 Å². The van der Waals surface area contributed by atoms with Crippen LogP contribution >= 0.6 is 0 Å². The Labute approximate surface area is 140 Å². The van der Waals surface area contributed by atoms with Crippen molar-refractivity contribution in [3.8, 4) is 0 Å². The number of anilines is 1. The van der Waals surface area contributed by atoms with Crippen LogP contribution in [0.15, 0.2) is 59.4 Å². The van der Waals surface area contributed by atoms with Gasteiger partial charge in [0.05, 0.1) is 24.0 Å². The average Bonchev–Trinajstić information content (AvgIpc) is 2.53. The van der Waals surface area contributed by atoms with Crippen LogP contribution in [0.2, 0.25) is 0 Å². The van der Waals surface area contributed by atoms with E-state index in [4.69, 9.17) is 0 Å².